The molecule has 3 rings (SSSR count). The van der Waals surface area contributed by atoms with Crippen LogP contribution in [0.15, 0.2) is 36.7 Å². The first kappa shape index (κ1) is 13.9. The average molecular weight is 302 g/mol. The second-order valence-corrected chi connectivity index (χ2v) is 6.38. The van der Waals surface area contributed by atoms with Crippen molar-refractivity contribution in [1.82, 2.24) is 14.5 Å². The van der Waals surface area contributed by atoms with E-state index < -0.39 is 0 Å². The zero-order chi connectivity index (χ0) is 15.2. The molecule has 0 bridgehead atoms. The van der Waals surface area contributed by atoms with Gasteiger partial charge in [0.15, 0.2) is 0 Å². The number of aromatic nitrogens is 3. The highest BCUT2D eigenvalue weighted by atomic mass is 35.5. The first-order valence-electron chi connectivity index (χ1n) is 6.70. The van der Waals surface area contributed by atoms with E-state index in [-0.39, 0.29) is 11.3 Å². The van der Waals surface area contributed by atoms with E-state index in [4.69, 9.17) is 11.6 Å². The number of halogens is 1. The van der Waals surface area contributed by atoms with Crippen molar-refractivity contribution in [1.29, 1.82) is 0 Å². The van der Waals surface area contributed by atoms with Crippen LogP contribution in [-0.2, 0) is 5.54 Å². The van der Waals surface area contributed by atoms with Gasteiger partial charge in [0.1, 0.15) is 17.1 Å². The van der Waals surface area contributed by atoms with Crippen molar-refractivity contribution in [3.8, 4) is 17.1 Å². The van der Waals surface area contributed by atoms with Gasteiger partial charge >= 0.3 is 0 Å². The summed E-state index contributed by atoms with van der Waals surface area (Å²) in [5.74, 6) is 0.895. The number of phenols is 1. The Morgan fingerprint density at radius 3 is 2.67 bits per heavy atom. The van der Waals surface area contributed by atoms with Crippen LogP contribution < -0.4 is 0 Å². The fourth-order valence-electron chi connectivity index (χ4n) is 2.48. The van der Waals surface area contributed by atoms with Crippen LogP contribution in [-0.4, -0.2) is 19.6 Å². The van der Waals surface area contributed by atoms with E-state index in [1.165, 1.54) is 0 Å². The Kier molecular flexibility index (Phi) is 3.14. The molecule has 3 aromatic rings. The molecule has 0 radical (unpaired) electrons. The van der Waals surface area contributed by atoms with Gasteiger partial charge in [-0.3, -0.25) is 4.98 Å². The van der Waals surface area contributed by atoms with Gasteiger partial charge in [-0.2, -0.15) is 0 Å². The first-order chi connectivity index (χ1) is 9.88. The molecular formula is C16H16ClN3O. The molecule has 0 amide bonds. The highest BCUT2D eigenvalue weighted by molar-refractivity contribution is 6.33. The minimum atomic E-state index is -0.180. The van der Waals surface area contributed by atoms with E-state index in [1.807, 2.05) is 6.07 Å². The molecule has 5 heteroatoms. The monoisotopic (exact) mass is 301 g/mol. The second kappa shape index (κ2) is 4.74. The molecule has 0 aliphatic carbocycles. The Morgan fingerprint density at radius 2 is 1.95 bits per heavy atom. The number of imidazole rings is 1. The van der Waals surface area contributed by atoms with Gasteiger partial charge in [-0.1, -0.05) is 11.6 Å². The van der Waals surface area contributed by atoms with E-state index in [0.717, 1.165) is 16.9 Å². The molecule has 1 N–H and O–H groups in total. The summed E-state index contributed by atoms with van der Waals surface area (Å²) in [6.45, 7) is 6.32. The number of rotatable bonds is 1. The van der Waals surface area contributed by atoms with Crippen molar-refractivity contribution in [3.05, 3.63) is 41.7 Å². The third-order valence-corrected chi connectivity index (χ3v) is 3.65. The van der Waals surface area contributed by atoms with Gasteiger partial charge < -0.3 is 9.67 Å². The number of nitrogens with zero attached hydrogens (tertiary/aromatic N) is 3. The molecular weight excluding hydrogens is 286 g/mol. The molecule has 0 aliphatic heterocycles. The molecule has 21 heavy (non-hydrogen) atoms. The average Bonchev–Trinajstić information content (AvgIpc) is 2.80. The molecule has 0 atom stereocenters. The van der Waals surface area contributed by atoms with Crippen molar-refractivity contribution in [2.45, 2.75) is 26.3 Å². The van der Waals surface area contributed by atoms with Gasteiger partial charge in [-0.05, 0) is 45.0 Å². The molecule has 2 aromatic heterocycles. The smallest absolute Gasteiger partial charge is 0.143 e. The Morgan fingerprint density at radius 1 is 1.19 bits per heavy atom. The third kappa shape index (κ3) is 2.36. The molecule has 0 spiro atoms. The molecule has 0 fully saturated rings. The minimum absolute atomic E-state index is 0.167. The number of hydrogen-bond acceptors (Lipinski definition) is 3. The lowest BCUT2D eigenvalue weighted by atomic mass is 10.1. The molecule has 1 aromatic carbocycles. The van der Waals surface area contributed by atoms with Gasteiger partial charge in [0.2, 0.25) is 0 Å². The Balaban J connectivity index is 2.39. The van der Waals surface area contributed by atoms with Gasteiger partial charge in [-0.25, -0.2) is 4.98 Å². The number of phenolic OH excluding ortho intramolecular Hbond substituents is 1. The predicted molar refractivity (Wildman–Crippen MR) is 84.6 cm³/mol. The van der Waals surface area contributed by atoms with E-state index in [1.54, 1.807) is 30.6 Å². The van der Waals surface area contributed by atoms with E-state index in [0.29, 0.717) is 10.6 Å². The van der Waals surface area contributed by atoms with Gasteiger partial charge in [-0.15, -0.1) is 0 Å². The molecule has 0 saturated heterocycles. The molecule has 0 aliphatic rings. The summed E-state index contributed by atoms with van der Waals surface area (Å²) in [6.07, 6.45) is 3.48. The number of hydrogen-bond donors (Lipinski definition) is 1. The highest BCUT2D eigenvalue weighted by Crippen LogP contribution is 2.35. The van der Waals surface area contributed by atoms with Gasteiger partial charge in [0, 0.05) is 17.3 Å². The zero-order valence-electron chi connectivity index (χ0n) is 12.1. The fraction of sp³-hybridized carbons (Fsp3) is 0.250. The predicted octanol–water partition coefficient (Wildman–Crippen LogP) is 4.21. The van der Waals surface area contributed by atoms with Crippen LogP contribution in [0.3, 0.4) is 0 Å². The van der Waals surface area contributed by atoms with Crippen LogP contribution in [0.1, 0.15) is 20.8 Å². The van der Waals surface area contributed by atoms with Crippen molar-refractivity contribution >= 4 is 22.6 Å². The number of fused-ring (bicyclic) bond motifs is 1. The Labute approximate surface area is 128 Å². The maximum atomic E-state index is 9.76. The van der Waals surface area contributed by atoms with Crippen LogP contribution in [0.4, 0.5) is 0 Å². The minimum Gasteiger partial charge on any atom is -0.508 e. The standard InChI is InChI=1S/C16H16ClN3O/c1-16(2,3)20-14-6-7-18-9-13(14)19-15(20)11-8-10(21)4-5-12(11)17/h4-9,21H,1-3H3. The highest BCUT2D eigenvalue weighted by Gasteiger charge is 2.23. The Bertz CT molecular complexity index is 818. The normalized spacial score (nSPS) is 12.0. The lowest BCUT2D eigenvalue weighted by molar-refractivity contribution is 0.413. The summed E-state index contributed by atoms with van der Waals surface area (Å²) in [5.41, 5.74) is 2.33. The van der Waals surface area contributed by atoms with Crippen molar-refractivity contribution in [2.24, 2.45) is 0 Å². The maximum Gasteiger partial charge on any atom is 0.143 e. The van der Waals surface area contributed by atoms with Gasteiger partial charge in [0.25, 0.3) is 0 Å². The lowest BCUT2D eigenvalue weighted by Crippen LogP contribution is -2.22. The summed E-state index contributed by atoms with van der Waals surface area (Å²) in [5, 5.41) is 10.3. The van der Waals surface area contributed by atoms with Crippen LogP contribution in [0.25, 0.3) is 22.4 Å². The van der Waals surface area contributed by atoms with Crippen molar-refractivity contribution in [2.75, 3.05) is 0 Å². The number of pyridine rings is 1. The summed E-state index contributed by atoms with van der Waals surface area (Å²) in [7, 11) is 0. The number of benzene rings is 1. The second-order valence-electron chi connectivity index (χ2n) is 5.97. The lowest BCUT2D eigenvalue weighted by Gasteiger charge is -2.25. The van der Waals surface area contributed by atoms with Crippen LogP contribution in [0.5, 0.6) is 5.75 Å². The largest absolute Gasteiger partial charge is 0.508 e. The van der Waals surface area contributed by atoms with Crippen molar-refractivity contribution in [3.63, 3.8) is 0 Å². The summed E-state index contributed by atoms with van der Waals surface area (Å²) < 4.78 is 2.12. The zero-order valence-corrected chi connectivity index (χ0v) is 12.9. The number of aromatic hydroxyl groups is 1. The van der Waals surface area contributed by atoms with E-state index in [9.17, 15) is 5.11 Å². The third-order valence-electron chi connectivity index (χ3n) is 3.32. The van der Waals surface area contributed by atoms with Crippen LogP contribution in [0, 0.1) is 0 Å². The van der Waals surface area contributed by atoms with E-state index >= 15 is 0 Å². The fourth-order valence-corrected chi connectivity index (χ4v) is 2.68. The molecule has 2 heterocycles. The first-order valence-corrected chi connectivity index (χ1v) is 7.07. The SMILES string of the molecule is CC(C)(C)n1c(-c2cc(O)ccc2Cl)nc2cnccc21. The van der Waals surface area contributed by atoms with E-state index in [2.05, 4.69) is 35.3 Å². The molecule has 0 saturated carbocycles. The van der Waals surface area contributed by atoms with Crippen molar-refractivity contribution < 1.29 is 5.11 Å². The summed E-state index contributed by atoms with van der Waals surface area (Å²) >= 11 is 6.30. The molecule has 4 nitrogen and oxygen atoms in total. The summed E-state index contributed by atoms with van der Waals surface area (Å²) in [4.78, 5) is 8.78. The van der Waals surface area contributed by atoms with Gasteiger partial charge in [0.05, 0.1) is 16.7 Å². The molecule has 108 valence electrons. The maximum absolute atomic E-state index is 9.76. The van der Waals surface area contributed by atoms with Crippen LogP contribution in [0.2, 0.25) is 5.02 Å². The van der Waals surface area contributed by atoms with Crippen LogP contribution >= 0.6 is 11.6 Å². The summed E-state index contributed by atoms with van der Waals surface area (Å²) in [6, 6.07) is 6.82. The molecule has 0 unspecified atom stereocenters. The topological polar surface area (TPSA) is 50.9 Å². The Hall–Kier alpha value is -2.07. The quantitative estimate of drug-likeness (QED) is 0.732.